The molecule has 18 heavy (non-hydrogen) atoms. The maximum atomic E-state index is 11.9. The van der Waals surface area contributed by atoms with Crippen LogP contribution < -0.4 is 15.2 Å². The number of benzene rings is 1. The van der Waals surface area contributed by atoms with Crippen molar-refractivity contribution >= 4 is 34.0 Å². The van der Waals surface area contributed by atoms with Gasteiger partial charge >= 0.3 is 0 Å². The summed E-state index contributed by atoms with van der Waals surface area (Å²) >= 11 is 5.90. The van der Waals surface area contributed by atoms with Crippen molar-refractivity contribution in [1.29, 1.82) is 0 Å². The van der Waals surface area contributed by atoms with E-state index < -0.39 is 10.0 Å². The number of methoxy groups -OCH3 is 1. The molecule has 0 spiro atoms. The van der Waals surface area contributed by atoms with Gasteiger partial charge in [-0.2, -0.15) is 0 Å². The van der Waals surface area contributed by atoms with Crippen LogP contribution in [0.4, 0.5) is 0 Å². The lowest BCUT2D eigenvalue weighted by Crippen LogP contribution is -2.29. The molecule has 5 nitrogen and oxygen atoms in total. The SMILES string of the molecule is COc1cc(C)c(S(=O)(=O)NCCN)cc1Cl.Cl. The Bertz CT molecular complexity index is 506. The number of hydrogen-bond donors (Lipinski definition) is 2. The summed E-state index contributed by atoms with van der Waals surface area (Å²) in [5.41, 5.74) is 5.82. The van der Waals surface area contributed by atoms with Crippen molar-refractivity contribution in [1.82, 2.24) is 4.72 Å². The van der Waals surface area contributed by atoms with E-state index in [-0.39, 0.29) is 35.4 Å². The average molecular weight is 315 g/mol. The molecular formula is C10H16Cl2N2O3S. The van der Waals surface area contributed by atoms with Crippen molar-refractivity contribution in [3.8, 4) is 5.75 Å². The highest BCUT2D eigenvalue weighted by atomic mass is 35.5. The van der Waals surface area contributed by atoms with E-state index in [1.807, 2.05) is 0 Å². The summed E-state index contributed by atoms with van der Waals surface area (Å²) in [7, 11) is -2.10. The summed E-state index contributed by atoms with van der Waals surface area (Å²) < 4.78 is 31.2. The first-order valence-electron chi connectivity index (χ1n) is 4.96. The largest absolute Gasteiger partial charge is 0.495 e. The molecule has 1 aromatic rings. The van der Waals surface area contributed by atoms with Crippen LogP contribution in [0.3, 0.4) is 0 Å². The van der Waals surface area contributed by atoms with Crippen molar-refractivity contribution in [2.24, 2.45) is 5.73 Å². The molecule has 1 aromatic carbocycles. The lowest BCUT2D eigenvalue weighted by atomic mass is 10.2. The Kier molecular flexibility index (Phi) is 6.94. The van der Waals surface area contributed by atoms with Gasteiger partial charge in [-0.25, -0.2) is 13.1 Å². The lowest BCUT2D eigenvalue weighted by molar-refractivity contribution is 0.414. The van der Waals surface area contributed by atoms with Crippen LogP contribution in [-0.4, -0.2) is 28.6 Å². The zero-order valence-electron chi connectivity index (χ0n) is 10.1. The highest BCUT2D eigenvalue weighted by Gasteiger charge is 2.18. The van der Waals surface area contributed by atoms with Gasteiger partial charge in [-0.15, -0.1) is 12.4 Å². The third-order valence-electron chi connectivity index (χ3n) is 2.18. The van der Waals surface area contributed by atoms with E-state index in [4.69, 9.17) is 22.1 Å². The monoisotopic (exact) mass is 314 g/mol. The van der Waals surface area contributed by atoms with E-state index in [0.29, 0.717) is 11.3 Å². The maximum Gasteiger partial charge on any atom is 0.240 e. The molecule has 0 unspecified atom stereocenters. The van der Waals surface area contributed by atoms with Crippen molar-refractivity contribution in [3.63, 3.8) is 0 Å². The fraction of sp³-hybridized carbons (Fsp3) is 0.400. The minimum Gasteiger partial charge on any atom is -0.495 e. The van der Waals surface area contributed by atoms with Gasteiger partial charge in [-0.3, -0.25) is 0 Å². The van der Waals surface area contributed by atoms with Crippen LogP contribution in [0.1, 0.15) is 5.56 Å². The summed E-state index contributed by atoms with van der Waals surface area (Å²) in [4.78, 5) is 0.136. The quantitative estimate of drug-likeness (QED) is 0.858. The van der Waals surface area contributed by atoms with E-state index in [1.165, 1.54) is 13.2 Å². The molecule has 0 radical (unpaired) electrons. The van der Waals surface area contributed by atoms with Gasteiger partial charge in [-0.1, -0.05) is 11.6 Å². The normalized spacial score (nSPS) is 10.9. The Balaban J connectivity index is 0.00000289. The maximum absolute atomic E-state index is 11.9. The number of sulfonamides is 1. The van der Waals surface area contributed by atoms with Gasteiger partial charge in [0.25, 0.3) is 0 Å². The fourth-order valence-electron chi connectivity index (χ4n) is 1.35. The molecule has 0 aliphatic rings. The first-order valence-corrected chi connectivity index (χ1v) is 6.82. The molecule has 0 saturated carbocycles. The summed E-state index contributed by atoms with van der Waals surface area (Å²) in [5, 5.41) is 0.256. The molecule has 0 aliphatic carbocycles. The molecule has 8 heteroatoms. The zero-order valence-corrected chi connectivity index (χ0v) is 12.5. The summed E-state index contributed by atoms with van der Waals surface area (Å²) in [6, 6.07) is 2.95. The van der Waals surface area contributed by atoms with Gasteiger partial charge < -0.3 is 10.5 Å². The predicted molar refractivity (Wildman–Crippen MR) is 74.2 cm³/mol. The number of ether oxygens (including phenoxy) is 1. The molecule has 0 amide bonds. The Hall–Kier alpha value is -0.530. The Morgan fingerprint density at radius 2 is 2.06 bits per heavy atom. The first kappa shape index (κ1) is 17.5. The molecule has 104 valence electrons. The van der Waals surface area contributed by atoms with Crippen LogP contribution in [0, 0.1) is 6.92 Å². The minimum absolute atomic E-state index is 0. The van der Waals surface area contributed by atoms with Gasteiger partial charge in [0.05, 0.1) is 17.0 Å². The third kappa shape index (κ3) is 4.00. The summed E-state index contributed by atoms with van der Waals surface area (Å²) in [6.45, 7) is 2.10. The fourth-order valence-corrected chi connectivity index (χ4v) is 2.96. The van der Waals surface area contributed by atoms with Crippen LogP contribution in [0.15, 0.2) is 17.0 Å². The van der Waals surface area contributed by atoms with Crippen LogP contribution in [0.5, 0.6) is 5.75 Å². The number of hydrogen-bond acceptors (Lipinski definition) is 4. The van der Waals surface area contributed by atoms with Gasteiger partial charge in [0.1, 0.15) is 5.75 Å². The zero-order chi connectivity index (χ0) is 13.1. The second-order valence-electron chi connectivity index (χ2n) is 3.44. The molecule has 0 bridgehead atoms. The number of nitrogens with one attached hydrogen (secondary N) is 1. The van der Waals surface area contributed by atoms with Crippen molar-refractivity contribution in [2.75, 3.05) is 20.2 Å². The van der Waals surface area contributed by atoms with E-state index in [1.54, 1.807) is 13.0 Å². The number of nitrogens with two attached hydrogens (primary N) is 1. The minimum atomic E-state index is -3.57. The smallest absolute Gasteiger partial charge is 0.240 e. The lowest BCUT2D eigenvalue weighted by Gasteiger charge is -2.11. The molecule has 0 fully saturated rings. The average Bonchev–Trinajstić information content (AvgIpc) is 2.28. The molecular weight excluding hydrogens is 299 g/mol. The number of aryl methyl sites for hydroxylation is 1. The second kappa shape index (κ2) is 7.16. The van der Waals surface area contributed by atoms with Gasteiger partial charge in [0, 0.05) is 13.1 Å². The molecule has 0 aromatic heterocycles. The summed E-state index contributed by atoms with van der Waals surface area (Å²) in [5.74, 6) is 0.446. The van der Waals surface area contributed by atoms with E-state index >= 15 is 0 Å². The first-order chi connectivity index (χ1) is 7.92. The Morgan fingerprint density at radius 1 is 1.44 bits per heavy atom. The predicted octanol–water partition coefficient (Wildman–Crippen LogP) is 1.32. The van der Waals surface area contributed by atoms with Crippen molar-refractivity contribution < 1.29 is 13.2 Å². The van der Waals surface area contributed by atoms with Crippen LogP contribution >= 0.6 is 24.0 Å². The standard InChI is InChI=1S/C10H15ClN2O3S.ClH/c1-7-5-9(16-2)8(11)6-10(7)17(14,15)13-4-3-12;/h5-6,13H,3-4,12H2,1-2H3;1H. The molecule has 0 atom stereocenters. The number of halogens is 2. The van der Waals surface area contributed by atoms with E-state index in [2.05, 4.69) is 4.72 Å². The van der Waals surface area contributed by atoms with Crippen LogP contribution in [-0.2, 0) is 10.0 Å². The highest BCUT2D eigenvalue weighted by Crippen LogP contribution is 2.29. The van der Waals surface area contributed by atoms with Gasteiger partial charge in [0.2, 0.25) is 10.0 Å². The third-order valence-corrected chi connectivity index (χ3v) is 4.07. The van der Waals surface area contributed by atoms with Crippen molar-refractivity contribution in [3.05, 3.63) is 22.7 Å². The van der Waals surface area contributed by atoms with E-state index in [0.717, 1.165) is 0 Å². The molecule has 0 saturated heterocycles. The summed E-state index contributed by atoms with van der Waals surface area (Å²) in [6.07, 6.45) is 0. The molecule has 0 heterocycles. The van der Waals surface area contributed by atoms with Gasteiger partial charge in [0.15, 0.2) is 0 Å². The molecule has 0 aliphatic heterocycles. The molecule has 1 rings (SSSR count). The van der Waals surface area contributed by atoms with Crippen LogP contribution in [0.2, 0.25) is 5.02 Å². The highest BCUT2D eigenvalue weighted by molar-refractivity contribution is 7.89. The van der Waals surface area contributed by atoms with Crippen molar-refractivity contribution in [2.45, 2.75) is 11.8 Å². The van der Waals surface area contributed by atoms with E-state index in [9.17, 15) is 8.42 Å². The topological polar surface area (TPSA) is 81.4 Å². The number of rotatable bonds is 5. The second-order valence-corrected chi connectivity index (χ2v) is 5.58. The Morgan fingerprint density at radius 3 is 2.56 bits per heavy atom. The van der Waals surface area contributed by atoms with Gasteiger partial charge in [-0.05, 0) is 24.6 Å². The van der Waals surface area contributed by atoms with Crippen LogP contribution in [0.25, 0.3) is 0 Å². The molecule has 3 N–H and O–H groups in total. The Labute approximate surface area is 118 Å².